The highest BCUT2D eigenvalue weighted by molar-refractivity contribution is 7.22. The van der Waals surface area contributed by atoms with Crippen LogP contribution in [0.1, 0.15) is 31.9 Å². The van der Waals surface area contributed by atoms with Gasteiger partial charge in [0.1, 0.15) is 21.9 Å². The van der Waals surface area contributed by atoms with Crippen LogP contribution in [0.4, 0.5) is 0 Å². The van der Waals surface area contributed by atoms with Crippen LogP contribution in [0.15, 0.2) is 60.8 Å². The van der Waals surface area contributed by atoms with Crippen molar-refractivity contribution in [2.75, 3.05) is 0 Å². The molecule has 0 fully saturated rings. The van der Waals surface area contributed by atoms with Crippen LogP contribution in [0, 0.1) is 6.92 Å². The number of thiazole rings is 1. The van der Waals surface area contributed by atoms with Crippen LogP contribution in [0.25, 0.3) is 54.2 Å². The Morgan fingerprint density at radius 2 is 1.86 bits per heavy atom. The lowest BCUT2D eigenvalue weighted by molar-refractivity contribution is -0.136. The zero-order valence-corrected chi connectivity index (χ0v) is 25.3. The molecule has 3 heterocycles. The van der Waals surface area contributed by atoms with Gasteiger partial charge in [0.15, 0.2) is 0 Å². The number of carboxylic acid groups (broad SMARTS) is 1. The summed E-state index contributed by atoms with van der Waals surface area (Å²) in [5, 5.41) is 19.5. The van der Waals surface area contributed by atoms with Crippen LogP contribution in [-0.2, 0) is 18.3 Å². The van der Waals surface area contributed by atoms with Crippen LogP contribution in [-0.4, -0.2) is 41.6 Å². The van der Waals surface area contributed by atoms with Gasteiger partial charge in [0.25, 0.3) is 0 Å². The van der Waals surface area contributed by atoms with Gasteiger partial charge in [-0.15, -0.1) is 16.4 Å². The van der Waals surface area contributed by atoms with Crippen molar-refractivity contribution >= 4 is 50.2 Å². The Labute approximate surface area is 251 Å². The number of aromatic nitrogens is 5. The van der Waals surface area contributed by atoms with Gasteiger partial charge < -0.3 is 9.84 Å². The minimum absolute atomic E-state index is 0.133. The Morgan fingerprint density at radius 1 is 1.05 bits per heavy atom. The van der Waals surface area contributed by atoms with E-state index in [1.165, 1.54) is 11.3 Å². The molecule has 8 nitrogen and oxygen atoms in total. The third-order valence-electron chi connectivity index (χ3n) is 6.88. The molecule has 3 aromatic carbocycles. The van der Waals surface area contributed by atoms with E-state index in [0.29, 0.717) is 10.8 Å². The highest BCUT2D eigenvalue weighted by atomic mass is 35.5. The third kappa shape index (κ3) is 5.33. The number of pyridine rings is 1. The molecule has 3 aromatic heterocycles. The minimum atomic E-state index is -0.908. The van der Waals surface area contributed by atoms with E-state index < -0.39 is 11.6 Å². The van der Waals surface area contributed by atoms with Gasteiger partial charge in [-0.25, -0.2) is 9.67 Å². The quantitative estimate of drug-likeness (QED) is 0.209. The molecule has 212 valence electrons. The molecule has 0 unspecified atom stereocenters. The number of fused-ring (bicyclic) bond motifs is 2. The number of carbonyl (C=O) groups is 1. The first-order valence-electron chi connectivity index (χ1n) is 13.4. The van der Waals surface area contributed by atoms with E-state index in [4.69, 9.17) is 21.3 Å². The number of hydrogen-bond donors (Lipinski definition) is 1. The lowest BCUT2D eigenvalue weighted by Gasteiger charge is -2.24. The molecule has 0 spiro atoms. The Morgan fingerprint density at radius 3 is 2.62 bits per heavy atom. The summed E-state index contributed by atoms with van der Waals surface area (Å²) in [6, 6.07) is 17.4. The van der Waals surface area contributed by atoms with Crippen molar-refractivity contribution in [3.63, 3.8) is 0 Å². The Balaban J connectivity index is 1.53. The minimum Gasteiger partial charge on any atom is -0.487 e. The standard InChI is InChI=1S/C32H28ClN5O3S/c1-17-12-25-30(29(22(17)16-28(39)40)21-8-7-20(33)15-27(21)41-32(2,3)4)42-31(35-25)19-10-11-34-23(14-19)18-6-9-26-24(13-18)36-37-38(26)5/h6-15H,16H2,1-5H3,(H,39,40). The molecule has 0 saturated heterocycles. The predicted molar refractivity (Wildman–Crippen MR) is 167 cm³/mol. The van der Waals surface area contributed by atoms with E-state index in [-0.39, 0.29) is 6.42 Å². The average Bonchev–Trinajstić information content (AvgIpc) is 3.52. The van der Waals surface area contributed by atoms with Crippen LogP contribution < -0.4 is 4.74 Å². The normalized spacial score (nSPS) is 11.9. The molecule has 0 aliphatic heterocycles. The average molecular weight is 598 g/mol. The Bertz CT molecular complexity index is 2010. The number of ether oxygens (including phenoxy) is 1. The van der Waals surface area contributed by atoms with Gasteiger partial charge in [-0.05, 0) is 87.4 Å². The van der Waals surface area contributed by atoms with E-state index in [1.807, 2.05) is 77.2 Å². The van der Waals surface area contributed by atoms with E-state index >= 15 is 0 Å². The Hall–Kier alpha value is -4.34. The first kappa shape index (κ1) is 27.8. The molecule has 6 rings (SSSR count). The molecule has 6 aromatic rings. The van der Waals surface area contributed by atoms with Crippen molar-refractivity contribution in [1.29, 1.82) is 0 Å². The maximum Gasteiger partial charge on any atom is 0.307 e. The molecule has 0 aliphatic rings. The summed E-state index contributed by atoms with van der Waals surface area (Å²) >= 11 is 7.91. The number of benzene rings is 3. The summed E-state index contributed by atoms with van der Waals surface area (Å²) in [5.74, 6) is -0.316. The summed E-state index contributed by atoms with van der Waals surface area (Å²) in [7, 11) is 1.86. The molecule has 42 heavy (non-hydrogen) atoms. The van der Waals surface area contributed by atoms with E-state index in [2.05, 4.69) is 15.3 Å². The summed E-state index contributed by atoms with van der Waals surface area (Å²) in [6.45, 7) is 7.83. The molecular formula is C32H28ClN5O3S. The molecule has 0 aliphatic carbocycles. The summed E-state index contributed by atoms with van der Waals surface area (Å²) in [5.41, 5.74) is 7.81. The van der Waals surface area contributed by atoms with Crippen molar-refractivity contribution in [2.24, 2.45) is 7.05 Å². The van der Waals surface area contributed by atoms with Gasteiger partial charge in [0, 0.05) is 40.5 Å². The highest BCUT2D eigenvalue weighted by Crippen LogP contribution is 2.45. The molecule has 0 atom stereocenters. The van der Waals surface area contributed by atoms with Crippen molar-refractivity contribution in [2.45, 2.75) is 39.7 Å². The maximum atomic E-state index is 12.0. The largest absolute Gasteiger partial charge is 0.487 e. The van der Waals surface area contributed by atoms with Gasteiger partial charge in [0.2, 0.25) is 0 Å². The number of nitrogens with zero attached hydrogens (tertiary/aromatic N) is 5. The SMILES string of the molecule is Cc1cc2nc(-c3ccnc(-c4ccc5c(c4)nnn5C)c3)sc2c(-c2ccc(Cl)cc2OC(C)(C)C)c1CC(=O)O. The number of aliphatic carboxylic acids is 1. The number of rotatable bonds is 6. The fraction of sp³-hybridized carbons (Fsp3) is 0.219. The van der Waals surface area contributed by atoms with Gasteiger partial charge >= 0.3 is 5.97 Å². The van der Waals surface area contributed by atoms with Gasteiger partial charge in [-0.3, -0.25) is 9.78 Å². The van der Waals surface area contributed by atoms with E-state index in [9.17, 15) is 9.90 Å². The zero-order valence-electron chi connectivity index (χ0n) is 23.8. The first-order chi connectivity index (χ1) is 20.0. The maximum absolute atomic E-state index is 12.0. The Kier molecular flexibility index (Phi) is 6.95. The zero-order chi connectivity index (χ0) is 29.8. The summed E-state index contributed by atoms with van der Waals surface area (Å²) < 4.78 is 8.96. The topological polar surface area (TPSA) is 103 Å². The molecular weight excluding hydrogens is 570 g/mol. The highest BCUT2D eigenvalue weighted by Gasteiger charge is 2.24. The first-order valence-corrected chi connectivity index (χ1v) is 14.6. The van der Waals surface area contributed by atoms with Crippen LogP contribution in [0.5, 0.6) is 5.75 Å². The van der Waals surface area contributed by atoms with Crippen LogP contribution >= 0.6 is 22.9 Å². The second kappa shape index (κ2) is 10.5. The summed E-state index contributed by atoms with van der Waals surface area (Å²) in [6.07, 6.45) is 1.64. The molecule has 0 radical (unpaired) electrons. The predicted octanol–water partition coefficient (Wildman–Crippen LogP) is 7.74. The number of hydrogen-bond acceptors (Lipinski definition) is 7. The van der Waals surface area contributed by atoms with E-state index in [0.717, 1.165) is 65.3 Å². The number of aryl methyl sites for hydroxylation is 2. The fourth-order valence-corrected chi connectivity index (χ4v) is 6.35. The smallest absolute Gasteiger partial charge is 0.307 e. The lowest BCUT2D eigenvalue weighted by Crippen LogP contribution is -2.23. The molecule has 0 saturated carbocycles. The van der Waals surface area contributed by atoms with E-state index in [1.54, 1.807) is 23.0 Å². The van der Waals surface area contributed by atoms with Gasteiger partial charge in [-0.1, -0.05) is 22.9 Å². The van der Waals surface area contributed by atoms with Crippen molar-refractivity contribution in [1.82, 2.24) is 25.0 Å². The lowest BCUT2D eigenvalue weighted by atomic mass is 9.92. The van der Waals surface area contributed by atoms with Crippen molar-refractivity contribution in [3.8, 4) is 38.7 Å². The second-order valence-corrected chi connectivity index (χ2v) is 12.6. The van der Waals surface area contributed by atoms with Crippen molar-refractivity contribution in [3.05, 3.63) is 76.9 Å². The van der Waals surface area contributed by atoms with Crippen LogP contribution in [0.2, 0.25) is 5.02 Å². The molecule has 10 heteroatoms. The number of carboxylic acids is 1. The van der Waals surface area contributed by atoms with Gasteiger partial charge in [-0.2, -0.15) is 0 Å². The monoisotopic (exact) mass is 597 g/mol. The number of halogens is 1. The summed E-state index contributed by atoms with van der Waals surface area (Å²) in [4.78, 5) is 21.6. The molecule has 0 bridgehead atoms. The second-order valence-electron chi connectivity index (χ2n) is 11.2. The third-order valence-corrected chi connectivity index (χ3v) is 8.25. The van der Waals surface area contributed by atoms with Gasteiger partial charge in [0.05, 0.1) is 27.8 Å². The van der Waals surface area contributed by atoms with Crippen LogP contribution in [0.3, 0.4) is 0 Å². The fourth-order valence-electron chi connectivity index (χ4n) is 5.06. The molecule has 1 N–H and O–H groups in total. The molecule has 0 amide bonds. The van der Waals surface area contributed by atoms with Crippen molar-refractivity contribution < 1.29 is 14.6 Å².